The van der Waals surface area contributed by atoms with Gasteiger partial charge in [0.05, 0.1) is 47.7 Å². The van der Waals surface area contributed by atoms with Crippen LogP contribution in [0.4, 0.5) is 0 Å². The van der Waals surface area contributed by atoms with Crippen molar-refractivity contribution in [2.45, 2.75) is 124 Å². The van der Waals surface area contributed by atoms with Crippen molar-refractivity contribution in [3.05, 3.63) is 42.2 Å². The molecular formula is C46H65N5O8. The van der Waals surface area contributed by atoms with Gasteiger partial charge in [-0.15, -0.1) is 0 Å². The van der Waals surface area contributed by atoms with Crippen molar-refractivity contribution in [3.8, 4) is 17.3 Å². The molecule has 1 aromatic carbocycles. The fourth-order valence-corrected chi connectivity index (χ4v) is 9.68. The molecule has 9 atom stereocenters. The number of pyridine rings is 1. The molecule has 1 aliphatic heterocycles. The van der Waals surface area contributed by atoms with Crippen LogP contribution in [0.2, 0.25) is 0 Å². The van der Waals surface area contributed by atoms with Crippen LogP contribution in [-0.4, -0.2) is 111 Å². The Balaban J connectivity index is 1.18. The van der Waals surface area contributed by atoms with E-state index in [2.05, 4.69) is 18.7 Å². The number of fused-ring (bicyclic) bond motifs is 2. The number of ether oxygens (including phenoxy) is 3. The average Bonchev–Trinajstić information content (AvgIpc) is 3.83. The zero-order valence-electron chi connectivity index (χ0n) is 36.2. The predicted molar refractivity (Wildman–Crippen MR) is 223 cm³/mol. The van der Waals surface area contributed by atoms with Crippen molar-refractivity contribution in [2.75, 3.05) is 33.8 Å². The summed E-state index contributed by atoms with van der Waals surface area (Å²) in [6.45, 7) is 13.5. The number of amides is 1. The number of carbonyl (C=O) groups excluding carboxylic acids is 2. The molecule has 2 aromatic heterocycles. The number of esters is 1. The van der Waals surface area contributed by atoms with Crippen LogP contribution in [-0.2, 0) is 25.5 Å². The first-order valence-electron chi connectivity index (χ1n) is 21.8. The van der Waals surface area contributed by atoms with E-state index in [-0.39, 0.29) is 49.7 Å². The number of carboxylic acid groups (broad SMARTS) is 1. The number of hydrogen-bond acceptors (Lipinski definition) is 10. The molecular weight excluding hydrogens is 751 g/mol. The number of rotatable bonds is 18. The van der Waals surface area contributed by atoms with Gasteiger partial charge < -0.3 is 34.2 Å². The molecule has 1 saturated heterocycles. The Labute approximate surface area is 348 Å². The highest BCUT2D eigenvalue weighted by Crippen LogP contribution is 2.58. The van der Waals surface area contributed by atoms with E-state index >= 15 is 0 Å². The van der Waals surface area contributed by atoms with Gasteiger partial charge in [0.2, 0.25) is 5.91 Å². The Morgan fingerprint density at radius 2 is 1.78 bits per heavy atom. The summed E-state index contributed by atoms with van der Waals surface area (Å²) in [6, 6.07) is 8.83. The van der Waals surface area contributed by atoms with Gasteiger partial charge in [0.25, 0.3) is 0 Å². The molecule has 0 radical (unpaired) electrons. The number of likely N-dealkylation sites (tertiary alicyclic amines) is 1. The molecule has 13 heteroatoms. The van der Waals surface area contributed by atoms with Crippen molar-refractivity contribution < 1.29 is 38.8 Å². The number of aromatic nitrogens is 3. The van der Waals surface area contributed by atoms with Crippen LogP contribution in [0.15, 0.2) is 36.5 Å². The van der Waals surface area contributed by atoms with E-state index in [0.29, 0.717) is 60.0 Å². The molecule has 4 aliphatic rings. The van der Waals surface area contributed by atoms with Gasteiger partial charge in [-0.05, 0) is 99.9 Å². The van der Waals surface area contributed by atoms with E-state index in [0.717, 1.165) is 36.9 Å². The monoisotopic (exact) mass is 815 g/mol. The maximum atomic E-state index is 14.9. The molecule has 0 bridgehead atoms. The van der Waals surface area contributed by atoms with Gasteiger partial charge in [0.1, 0.15) is 30.3 Å². The molecule has 3 heterocycles. The van der Waals surface area contributed by atoms with Gasteiger partial charge in [-0.25, -0.2) is 9.67 Å². The summed E-state index contributed by atoms with van der Waals surface area (Å²) < 4.78 is 20.6. The molecule has 1 amide bonds. The molecule has 13 nitrogen and oxygen atoms in total. The Hall–Kier alpha value is -4.23. The number of nitrogens with zero attached hydrogens (tertiary/aromatic N) is 5. The normalized spacial score (nSPS) is 27.2. The fourth-order valence-electron chi connectivity index (χ4n) is 9.68. The second-order valence-electron chi connectivity index (χ2n) is 19.7. The number of hydrogen-bond donors (Lipinski definition) is 2. The van der Waals surface area contributed by atoms with Crippen LogP contribution in [0.3, 0.4) is 0 Å². The minimum absolute atomic E-state index is 0.0329. The van der Waals surface area contributed by atoms with E-state index in [9.17, 15) is 24.6 Å². The summed E-state index contributed by atoms with van der Waals surface area (Å²) in [6.07, 6.45) is 5.37. The summed E-state index contributed by atoms with van der Waals surface area (Å²) in [5.74, 6) is 1.20. The van der Waals surface area contributed by atoms with Gasteiger partial charge >= 0.3 is 11.9 Å². The molecule has 3 aromatic rings. The lowest BCUT2D eigenvalue weighted by Gasteiger charge is -2.36. The highest BCUT2D eigenvalue weighted by atomic mass is 16.5. The van der Waals surface area contributed by atoms with E-state index in [4.69, 9.17) is 24.3 Å². The maximum Gasteiger partial charge on any atom is 0.310 e. The summed E-state index contributed by atoms with van der Waals surface area (Å²) in [5, 5.41) is 27.9. The third-order valence-electron chi connectivity index (χ3n) is 13.3. The van der Waals surface area contributed by atoms with E-state index < -0.39 is 41.0 Å². The third kappa shape index (κ3) is 9.72. The molecule has 2 N–H and O–H groups in total. The van der Waals surface area contributed by atoms with Crippen LogP contribution >= 0.6 is 0 Å². The Kier molecular flexibility index (Phi) is 12.4. The first-order valence-corrected chi connectivity index (χ1v) is 21.8. The smallest absolute Gasteiger partial charge is 0.310 e. The number of aliphatic hydroxyl groups is 1. The number of likely N-dealkylation sites (N-methyl/N-ethyl adjacent to an activating group) is 1. The Morgan fingerprint density at radius 3 is 2.42 bits per heavy atom. The fraction of sp³-hybridized carbons (Fsp3) is 0.674. The zero-order chi connectivity index (χ0) is 42.4. The van der Waals surface area contributed by atoms with Gasteiger partial charge in [0, 0.05) is 36.7 Å². The minimum atomic E-state index is -1.12. The lowest BCUT2D eigenvalue weighted by Crippen LogP contribution is -2.49. The van der Waals surface area contributed by atoms with Crippen LogP contribution in [0.1, 0.15) is 98.6 Å². The van der Waals surface area contributed by atoms with Crippen molar-refractivity contribution in [1.82, 2.24) is 24.6 Å². The van der Waals surface area contributed by atoms with Gasteiger partial charge in [-0.3, -0.25) is 14.4 Å². The quantitative estimate of drug-likeness (QED) is 0.134. The van der Waals surface area contributed by atoms with Crippen molar-refractivity contribution >= 4 is 28.7 Å². The highest BCUT2D eigenvalue weighted by Gasteiger charge is 2.61. The first kappa shape index (κ1) is 42.9. The molecule has 3 aliphatic carbocycles. The summed E-state index contributed by atoms with van der Waals surface area (Å²) >= 11 is 0. The molecule has 0 spiro atoms. The molecule has 59 heavy (non-hydrogen) atoms. The maximum absolute atomic E-state index is 14.9. The lowest BCUT2D eigenvalue weighted by molar-refractivity contribution is -0.157. The molecule has 4 fully saturated rings. The predicted octanol–water partition coefficient (Wildman–Crippen LogP) is 6.55. The van der Waals surface area contributed by atoms with Gasteiger partial charge in [-0.2, -0.15) is 5.10 Å². The minimum Gasteiger partial charge on any atom is -0.492 e. The van der Waals surface area contributed by atoms with Crippen molar-refractivity contribution in [1.29, 1.82) is 0 Å². The second-order valence-corrected chi connectivity index (χ2v) is 19.7. The Bertz CT molecular complexity index is 2000. The highest BCUT2D eigenvalue weighted by molar-refractivity contribution is 5.88. The Morgan fingerprint density at radius 1 is 1.03 bits per heavy atom. The molecule has 322 valence electrons. The number of aliphatic hydroxyl groups excluding tert-OH is 1. The average molecular weight is 816 g/mol. The number of benzene rings is 1. The van der Waals surface area contributed by atoms with Crippen LogP contribution < -0.4 is 9.47 Å². The van der Waals surface area contributed by atoms with Crippen LogP contribution in [0.25, 0.3) is 16.7 Å². The lowest BCUT2D eigenvalue weighted by atomic mass is 9.77. The second kappa shape index (κ2) is 17.0. The largest absolute Gasteiger partial charge is 0.492 e. The summed E-state index contributed by atoms with van der Waals surface area (Å²) in [4.78, 5) is 49.6. The van der Waals surface area contributed by atoms with E-state index in [1.807, 2.05) is 78.3 Å². The molecule has 3 unspecified atom stereocenters. The zero-order valence-corrected chi connectivity index (χ0v) is 36.2. The van der Waals surface area contributed by atoms with E-state index in [1.165, 1.54) is 6.42 Å². The van der Waals surface area contributed by atoms with Crippen LogP contribution in [0, 0.1) is 40.4 Å². The van der Waals surface area contributed by atoms with E-state index in [1.54, 1.807) is 9.58 Å². The van der Waals surface area contributed by atoms with Gasteiger partial charge in [-0.1, -0.05) is 48.0 Å². The van der Waals surface area contributed by atoms with Gasteiger partial charge in [0.15, 0.2) is 5.82 Å². The SMILES string of the molecule is CC[C@@H]1C[C@]1(CC(O)[C@@H]1CC(Oc2cc(-n3ccc(CC(C)C)n3)nc3cc(OCCN(C)C)ccc23)CN1C(=O)[C@@H](CC(=O)OC1C[C@@H]2C[C@@H]2C1)C(C)(C)C)C(=O)O. The number of aliphatic carboxylic acids is 1. The standard InChI is InChI=1S/C46H65N5O8/c1-9-30-24-46(30,44(55)56)25-39(52)38-21-34(26-50(38)43(54)36(45(4,5)6)22-42(53)59-33-18-28-17-29(28)19-33)58-40-23-41(51-13-12-31(48-51)16-27(2)3)47-37-20-32(10-11-35(37)40)57-15-14-49(7)8/h10-13,20,23,27-30,33-34,36,38-39,52H,9,14-19,21-22,24-26H2,1-8H3,(H,55,56)/t28-,29+,30-,33?,34?,36-,38+,39?,46-/m1/s1. The van der Waals surface area contributed by atoms with Crippen molar-refractivity contribution in [2.24, 2.45) is 40.4 Å². The first-order chi connectivity index (χ1) is 27.9. The third-order valence-corrected chi connectivity index (χ3v) is 13.3. The molecule has 3 saturated carbocycles. The number of carboxylic acids is 1. The topological polar surface area (TPSA) is 157 Å². The van der Waals surface area contributed by atoms with Crippen LogP contribution in [0.5, 0.6) is 11.5 Å². The number of carbonyl (C=O) groups is 3. The summed E-state index contributed by atoms with van der Waals surface area (Å²) in [7, 11) is 3.99. The van der Waals surface area contributed by atoms with Crippen molar-refractivity contribution in [3.63, 3.8) is 0 Å². The summed E-state index contributed by atoms with van der Waals surface area (Å²) in [5.41, 5.74) is -0.0338. The molecule has 7 rings (SSSR count).